The van der Waals surface area contributed by atoms with Crippen molar-refractivity contribution in [3.05, 3.63) is 75.7 Å². The molecule has 2 fully saturated rings. The summed E-state index contributed by atoms with van der Waals surface area (Å²) in [6.45, 7) is 12.4. The van der Waals surface area contributed by atoms with Gasteiger partial charge in [0.25, 0.3) is 0 Å². The maximum absolute atomic E-state index is 14.4. The van der Waals surface area contributed by atoms with Crippen LogP contribution in [0, 0.1) is 26.2 Å². The molecule has 296 valence electrons. The molecule has 3 aromatic heterocycles. The average Bonchev–Trinajstić information content (AvgIpc) is 3.76. The molecule has 1 saturated carbocycles. The summed E-state index contributed by atoms with van der Waals surface area (Å²) in [6, 6.07) is 9.01. The lowest BCUT2D eigenvalue weighted by atomic mass is 9.70. The van der Waals surface area contributed by atoms with Crippen LogP contribution in [0.15, 0.2) is 41.4 Å². The van der Waals surface area contributed by atoms with Crippen LogP contribution in [-0.4, -0.2) is 95.7 Å². The van der Waals surface area contributed by atoms with E-state index in [9.17, 15) is 27.3 Å². The first-order chi connectivity index (χ1) is 26.0. The van der Waals surface area contributed by atoms with Crippen molar-refractivity contribution in [1.29, 1.82) is 0 Å². The summed E-state index contributed by atoms with van der Waals surface area (Å²) >= 11 is 0. The zero-order valence-corrected chi connectivity index (χ0v) is 32.7. The van der Waals surface area contributed by atoms with Crippen LogP contribution in [0.25, 0.3) is 5.65 Å². The number of carboxylic acid groups (broad SMARTS) is 1. The third-order valence-electron chi connectivity index (χ3n) is 11.4. The topological polar surface area (TPSA) is 132 Å². The molecule has 1 N–H and O–H groups in total. The van der Waals surface area contributed by atoms with Gasteiger partial charge in [0.2, 0.25) is 17.6 Å². The molecule has 0 amide bonds. The average molecular weight is 785 g/mol. The maximum atomic E-state index is 14.4. The highest BCUT2D eigenvalue weighted by Gasteiger charge is 2.51. The first-order valence-corrected chi connectivity index (χ1v) is 19.6. The van der Waals surface area contributed by atoms with Gasteiger partial charge in [0, 0.05) is 51.0 Å². The van der Waals surface area contributed by atoms with Gasteiger partial charge in [-0.1, -0.05) is 18.2 Å². The predicted molar refractivity (Wildman–Crippen MR) is 198 cm³/mol. The Hall–Kier alpha value is -4.12. The lowest BCUT2D eigenvalue weighted by Gasteiger charge is -2.33. The Kier molecular flexibility index (Phi) is 10.5. The highest BCUT2D eigenvalue weighted by Crippen LogP contribution is 2.47. The van der Waals surface area contributed by atoms with Crippen LogP contribution in [-0.2, 0) is 33.2 Å². The molecule has 0 bridgehead atoms. The zero-order chi connectivity index (χ0) is 39.4. The fourth-order valence-corrected chi connectivity index (χ4v) is 9.15. The van der Waals surface area contributed by atoms with Crippen molar-refractivity contribution in [2.24, 2.45) is 5.41 Å². The number of fused-ring (bicyclic) bond motifs is 2. The molecule has 1 saturated heterocycles. The molecule has 0 radical (unpaired) electrons. The van der Waals surface area contributed by atoms with E-state index in [1.54, 1.807) is 27.9 Å². The number of hydrogen-bond acceptors (Lipinski definition) is 9. The van der Waals surface area contributed by atoms with Gasteiger partial charge >= 0.3 is 12.1 Å². The van der Waals surface area contributed by atoms with Crippen LogP contribution in [0.4, 0.5) is 13.2 Å². The molecule has 2 aliphatic heterocycles. The number of likely N-dealkylation sites (tertiary alicyclic amines) is 1. The van der Waals surface area contributed by atoms with E-state index in [0.29, 0.717) is 52.6 Å². The molecule has 7 rings (SSSR count). The number of ether oxygens (including phenoxy) is 3. The van der Waals surface area contributed by atoms with E-state index < -0.39 is 45.9 Å². The van der Waals surface area contributed by atoms with E-state index in [1.165, 1.54) is 12.3 Å². The number of rotatable bonds is 11. The van der Waals surface area contributed by atoms with Crippen LogP contribution in [0.3, 0.4) is 0 Å². The summed E-state index contributed by atoms with van der Waals surface area (Å²) in [7, 11) is 0.100. The maximum Gasteiger partial charge on any atom is 0.452 e. The monoisotopic (exact) mass is 784 g/mol. The summed E-state index contributed by atoms with van der Waals surface area (Å²) in [5, 5.41) is 17.7. The van der Waals surface area contributed by atoms with Crippen molar-refractivity contribution in [3.8, 4) is 11.8 Å². The molecule has 3 aliphatic rings. The number of aromatic nitrogens is 4. The third kappa shape index (κ3) is 7.70. The summed E-state index contributed by atoms with van der Waals surface area (Å²) in [5.74, 6) is -2.25. The Morgan fingerprint density at radius 2 is 1.82 bits per heavy atom. The Balaban J connectivity index is 1.17. The Morgan fingerprint density at radius 1 is 1.09 bits per heavy atom. The Morgan fingerprint density at radius 3 is 2.47 bits per heavy atom. The van der Waals surface area contributed by atoms with Crippen molar-refractivity contribution < 1.29 is 41.5 Å². The number of carbonyl (C=O) groups is 1. The van der Waals surface area contributed by atoms with Gasteiger partial charge in [0.15, 0.2) is 5.65 Å². The molecular weight excluding hydrogens is 738 g/mol. The SMILES string of the molecule is COC1CCN(CCOc2nc3c(cc2C)S(=O)N(Cc2cc(C(c4ccn5c(C(F)(F)F)nnc5c4C)C(C)(C)C(=O)O)ccc2C)CC2(CC2)O3)CC1. The van der Waals surface area contributed by atoms with E-state index in [2.05, 4.69) is 15.1 Å². The molecule has 55 heavy (non-hydrogen) atoms. The number of halogens is 3. The lowest BCUT2D eigenvalue weighted by molar-refractivity contribution is -0.147. The number of methoxy groups -OCH3 is 1. The first kappa shape index (κ1) is 39.1. The van der Waals surface area contributed by atoms with E-state index >= 15 is 0 Å². The van der Waals surface area contributed by atoms with Crippen molar-refractivity contribution >= 4 is 22.6 Å². The first-order valence-electron chi connectivity index (χ1n) is 18.5. The molecule has 2 atom stereocenters. The van der Waals surface area contributed by atoms with Crippen LogP contribution in [0.2, 0.25) is 0 Å². The summed E-state index contributed by atoms with van der Waals surface area (Å²) in [6.07, 6.45) is 0.360. The van der Waals surface area contributed by atoms with Crippen molar-refractivity contribution in [2.45, 2.75) is 95.5 Å². The van der Waals surface area contributed by atoms with Gasteiger partial charge in [-0.2, -0.15) is 18.2 Å². The van der Waals surface area contributed by atoms with Gasteiger partial charge in [-0.15, -0.1) is 10.2 Å². The predicted octanol–water partition coefficient (Wildman–Crippen LogP) is 6.25. The minimum Gasteiger partial charge on any atom is -0.481 e. The molecule has 1 spiro atoms. The quantitative estimate of drug-likeness (QED) is 0.186. The van der Waals surface area contributed by atoms with Gasteiger partial charge in [0.1, 0.15) is 28.1 Å². The molecule has 1 aliphatic carbocycles. The van der Waals surface area contributed by atoms with Crippen LogP contribution in [0.1, 0.15) is 84.7 Å². The number of alkyl halides is 3. The highest BCUT2D eigenvalue weighted by molar-refractivity contribution is 7.82. The summed E-state index contributed by atoms with van der Waals surface area (Å²) in [5.41, 5.74) is 2.11. The zero-order valence-electron chi connectivity index (χ0n) is 31.9. The number of carboxylic acids is 1. The Bertz CT molecular complexity index is 2130. The minimum absolute atomic E-state index is 0.00296. The standard InChI is InChI=1S/C39H47F3N6O6S/c1-23-7-8-26(31(37(4,5)36(49)50)29-11-16-48-32(25(29)3)44-45-35(48)39(40,41)42)20-27(23)21-47-22-38(12-13-38)54-34-30(55(47)51)19-24(2)33(43-34)53-18-17-46-14-9-28(52-6)10-15-46/h7-8,11,16,19-20,28,31H,9-10,12-15,17-18,21-22H2,1-6H3,(H,49,50). The number of nitrogens with zero attached hydrogens (tertiary/aromatic N) is 6. The molecular formula is C39H47F3N6O6S. The van der Waals surface area contributed by atoms with Crippen molar-refractivity contribution in [1.82, 2.24) is 28.8 Å². The normalized spacial score (nSPS) is 19.9. The second-order valence-corrected chi connectivity index (χ2v) is 17.1. The smallest absolute Gasteiger partial charge is 0.452 e. The number of aryl methyl sites for hydroxylation is 3. The van der Waals surface area contributed by atoms with Crippen molar-refractivity contribution in [2.75, 3.05) is 39.9 Å². The molecule has 5 heterocycles. The number of pyridine rings is 2. The van der Waals surface area contributed by atoms with E-state index in [-0.39, 0.29) is 12.2 Å². The molecule has 12 nitrogen and oxygen atoms in total. The van der Waals surface area contributed by atoms with Crippen LogP contribution in [0.5, 0.6) is 11.8 Å². The Labute approximate surface area is 320 Å². The number of hydrogen-bond donors (Lipinski definition) is 1. The fourth-order valence-electron chi connectivity index (χ4n) is 7.75. The number of piperidine rings is 1. The minimum atomic E-state index is -4.72. The number of aliphatic carboxylic acids is 1. The molecule has 1 aromatic carbocycles. The van der Waals surface area contributed by atoms with Gasteiger partial charge < -0.3 is 19.3 Å². The van der Waals surface area contributed by atoms with E-state index in [4.69, 9.17) is 19.2 Å². The highest BCUT2D eigenvalue weighted by atomic mass is 32.2. The van der Waals surface area contributed by atoms with Gasteiger partial charge in [-0.05, 0) is 100 Å². The second-order valence-electron chi connectivity index (χ2n) is 15.6. The summed E-state index contributed by atoms with van der Waals surface area (Å²) in [4.78, 5) is 20.4. The summed E-state index contributed by atoms with van der Waals surface area (Å²) < 4.78 is 76.3. The fraction of sp³-hybridized carbons (Fsp3) is 0.538. The van der Waals surface area contributed by atoms with E-state index in [1.807, 2.05) is 42.4 Å². The van der Waals surface area contributed by atoms with Gasteiger partial charge in [0.05, 0.1) is 18.1 Å². The lowest BCUT2D eigenvalue weighted by Crippen LogP contribution is -2.38. The van der Waals surface area contributed by atoms with Gasteiger partial charge in [-0.3, -0.25) is 14.1 Å². The van der Waals surface area contributed by atoms with Crippen LogP contribution >= 0.6 is 0 Å². The largest absolute Gasteiger partial charge is 0.481 e. The second kappa shape index (κ2) is 14.8. The number of benzene rings is 1. The molecule has 2 unspecified atom stereocenters. The molecule has 4 aromatic rings. The van der Waals surface area contributed by atoms with Gasteiger partial charge in [-0.25, -0.2) is 8.51 Å². The van der Waals surface area contributed by atoms with E-state index in [0.717, 1.165) is 66.4 Å². The van der Waals surface area contributed by atoms with Crippen molar-refractivity contribution in [3.63, 3.8) is 0 Å². The third-order valence-corrected chi connectivity index (χ3v) is 12.8. The molecule has 16 heteroatoms. The van der Waals surface area contributed by atoms with Crippen LogP contribution < -0.4 is 9.47 Å².